The van der Waals surface area contributed by atoms with E-state index in [1.165, 1.54) is 0 Å². The molecule has 3 nitrogen and oxygen atoms in total. The zero-order chi connectivity index (χ0) is 11.0. The number of ether oxygens (including phenoxy) is 1. The second kappa shape index (κ2) is 3.66. The molecule has 1 aliphatic rings. The number of aliphatic hydroxyl groups is 1. The van der Waals surface area contributed by atoms with E-state index < -0.39 is 12.2 Å². The first kappa shape index (κ1) is 10.2. The number of hydrogen-bond donors (Lipinski definition) is 1. The topological polar surface area (TPSA) is 46.5 Å². The highest BCUT2D eigenvalue weighted by Gasteiger charge is 2.36. The predicted octanol–water partition coefficient (Wildman–Crippen LogP) is 1.91. The van der Waals surface area contributed by atoms with E-state index in [1.54, 1.807) is 12.1 Å². The Morgan fingerprint density at radius 1 is 1.33 bits per heavy atom. The molecule has 0 amide bonds. The molecule has 0 fully saturated rings. The standard InChI is InChI=1S/C12H14O3/c1-7(2)10(13)11-8-5-3-4-6-9(8)12(14)15-11/h3-7,10-11,13H,1-2H3/t10-,11-/m0/s1. The lowest BCUT2D eigenvalue weighted by atomic mass is 9.95. The van der Waals surface area contributed by atoms with Crippen LogP contribution < -0.4 is 0 Å². The number of aliphatic hydroxyl groups excluding tert-OH is 1. The fourth-order valence-corrected chi connectivity index (χ4v) is 1.78. The van der Waals surface area contributed by atoms with Crippen LogP contribution in [-0.2, 0) is 4.74 Å². The molecule has 0 aliphatic carbocycles. The van der Waals surface area contributed by atoms with E-state index in [1.807, 2.05) is 26.0 Å². The van der Waals surface area contributed by atoms with E-state index in [0.717, 1.165) is 5.56 Å². The van der Waals surface area contributed by atoms with Crippen molar-refractivity contribution in [3.63, 3.8) is 0 Å². The molecule has 2 atom stereocenters. The van der Waals surface area contributed by atoms with Gasteiger partial charge < -0.3 is 9.84 Å². The Labute approximate surface area is 88.7 Å². The van der Waals surface area contributed by atoms with Crippen molar-refractivity contribution in [3.8, 4) is 0 Å². The molecular formula is C12H14O3. The summed E-state index contributed by atoms with van der Waals surface area (Å²) < 4.78 is 5.17. The van der Waals surface area contributed by atoms with Gasteiger partial charge in [-0.05, 0) is 12.0 Å². The van der Waals surface area contributed by atoms with Crippen molar-refractivity contribution in [1.82, 2.24) is 0 Å². The molecule has 1 aromatic rings. The zero-order valence-corrected chi connectivity index (χ0v) is 8.81. The summed E-state index contributed by atoms with van der Waals surface area (Å²) in [5.74, 6) is -0.274. The Hall–Kier alpha value is -1.35. The van der Waals surface area contributed by atoms with Crippen molar-refractivity contribution in [1.29, 1.82) is 0 Å². The second-order valence-corrected chi connectivity index (χ2v) is 4.15. The lowest BCUT2D eigenvalue weighted by molar-refractivity contribution is -0.0263. The quantitative estimate of drug-likeness (QED) is 0.752. The van der Waals surface area contributed by atoms with E-state index in [4.69, 9.17) is 4.74 Å². The summed E-state index contributed by atoms with van der Waals surface area (Å²) in [4.78, 5) is 11.5. The number of benzene rings is 1. The van der Waals surface area contributed by atoms with Gasteiger partial charge in [-0.1, -0.05) is 32.0 Å². The maximum absolute atomic E-state index is 11.5. The Morgan fingerprint density at radius 2 is 2.00 bits per heavy atom. The third-order valence-electron chi connectivity index (χ3n) is 2.71. The number of hydrogen-bond acceptors (Lipinski definition) is 3. The van der Waals surface area contributed by atoms with Crippen LogP contribution >= 0.6 is 0 Å². The van der Waals surface area contributed by atoms with Crippen LogP contribution in [0.25, 0.3) is 0 Å². The highest BCUT2D eigenvalue weighted by molar-refractivity contribution is 5.94. The van der Waals surface area contributed by atoms with Crippen LogP contribution in [0.4, 0.5) is 0 Å². The van der Waals surface area contributed by atoms with E-state index in [9.17, 15) is 9.90 Å². The fraction of sp³-hybridized carbons (Fsp3) is 0.417. The summed E-state index contributed by atoms with van der Waals surface area (Å²) in [7, 11) is 0. The minimum absolute atomic E-state index is 0.0638. The van der Waals surface area contributed by atoms with Crippen LogP contribution in [0.3, 0.4) is 0 Å². The summed E-state index contributed by atoms with van der Waals surface area (Å²) in [5, 5.41) is 9.91. The summed E-state index contributed by atoms with van der Waals surface area (Å²) in [6.07, 6.45) is -1.15. The van der Waals surface area contributed by atoms with Gasteiger partial charge >= 0.3 is 5.97 Å². The average Bonchev–Trinajstić information content (AvgIpc) is 2.56. The van der Waals surface area contributed by atoms with Crippen LogP contribution in [0, 0.1) is 5.92 Å². The maximum atomic E-state index is 11.5. The van der Waals surface area contributed by atoms with Gasteiger partial charge in [-0.3, -0.25) is 0 Å². The van der Waals surface area contributed by atoms with Crippen LogP contribution in [0.15, 0.2) is 24.3 Å². The number of esters is 1. The first-order valence-corrected chi connectivity index (χ1v) is 5.09. The van der Waals surface area contributed by atoms with Crippen molar-refractivity contribution in [2.45, 2.75) is 26.1 Å². The first-order valence-electron chi connectivity index (χ1n) is 5.09. The summed E-state index contributed by atoms with van der Waals surface area (Å²) >= 11 is 0. The van der Waals surface area contributed by atoms with Gasteiger partial charge in [0.1, 0.15) is 0 Å². The number of rotatable bonds is 2. The van der Waals surface area contributed by atoms with Crippen molar-refractivity contribution in [2.75, 3.05) is 0 Å². The van der Waals surface area contributed by atoms with Crippen LogP contribution in [0.2, 0.25) is 0 Å². The first-order chi connectivity index (χ1) is 7.11. The molecule has 0 unspecified atom stereocenters. The minimum atomic E-state index is -0.641. The lowest BCUT2D eigenvalue weighted by Crippen LogP contribution is -2.24. The Balaban J connectivity index is 2.36. The molecule has 0 aromatic heterocycles. The van der Waals surface area contributed by atoms with E-state index in [0.29, 0.717) is 5.56 Å². The third-order valence-corrected chi connectivity index (χ3v) is 2.71. The van der Waals surface area contributed by atoms with Gasteiger partial charge in [0.05, 0.1) is 11.7 Å². The third kappa shape index (κ3) is 1.63. The largest absolute Gasteiger partial charge is 0.451 e. The van der Waals surface area contributed by atoms with Crippen LogP contribution in [0.5, 0.6) is 0 Å². The highest BCUT2D eigenvalue weighted by Crippen LogP contribution is 2.34. The summed E-state index contributed by atoms with van der Waals surface area (Å²) in [6.45, 7) is 3.80. The van der Waals surface area contributed by atoms with Crippen molar-refractivity contribution >= 4 is 5.97 Å². The minimum Gasteiger partial charge on any atom is -0.451 e. The van der Waals surface area contributed by atoms with Crippen LogP contribution in [0.1, 0.15) is 35.9 Å². The van der Waals surface area contributed by atoms with Gasteiger partial charge in [0.15, 0.2) is 6.10 Å². The van der Waals surface area contributed by atoms with Gasteiger partial charge in [-0.15, -0.1) is 0 Å². The molecule has 2 rings (SSSR count). The van der Waals surface area contributed by atoms with E-state index in [2.05, 4.69) is 0 Å². The lowest BCUT2D eigenvalue weighted by Gasteiger charge is -2.21. The van der Waals surface area contributed by atoms with Gasteiger partial charge in [0.2, 0.25) is 0 Å². The second-order valence-electron chi connectivity index (χ2n) is 4.15. The maximum Gasteiger partial charge on any atom is 0.339 e. The SMILES string of the molecule is CC(C)[C@H](O)[C@H]1OC(=O)c2ccccc21. The van der Waals surface area contributed by atoms with Gasteiger partial charge in [-0.25, -0.2) is 4.79 Å². The van der Waals surface area contributed by atoms with Crippen molar-refractivity contribution in [3.05, 3.63) is 35.4 Å². The highest BCUT2D eigenvalue weighted by atomic mass is 16.6. The average molecular weight is 206 g/mol. The molecule has 0 saturated heterocycles. The van der Waals surface area contributed by atoms with Gasteiger partial charge in [0, 0.05) is 5.56 Å². The molecule has 1 N–H and O–H groups in total. The van der Waals surface area contributed by atoms with Crippen LogP contribution in [-0.4, -0.2) is 17.2 Å². The number of carbonyl (C=O) groups excluding carboxylic acids is 1. The van der Waals surface area contributed by atoms with Gasteiger partial charge in [0.25, 0.3) is 0 Å². The molecule has 1 aromatic carbocycles. The Bertz CT molecular complexity index is 384. The monoisotopic (exact) mass is 206 g/mol. The Kier molecular flexibility index (Phi) is 2.49. The molecule has 0 saturated carbocycles. The molecular weight excluding hydrogens is 192 g/mol. The molecule has 15 heavy (non-hydrogen) atoms. The summed E-state index contributed by atoms with van der Waals surface area (Å²) in [6, 6.07) is 7.20. The fourth-order valence-electron chi connectivity index (χ4n) is 1.78. The van der Waals surface area contributed by atoms with E-state index in [-0.39, 0.29) is 11.9 Å². The van der Waals surface area contributed by atoms with Gasteiger partial charge in [-0.2, -0.15) is 0 Å². The summed E-state index contributed by atoms with van der Waals surface area (Å²) in [5.41, 5.74) is 1.37. The van der Waals surface area contributed by atoms with Crippen molar-refractivity contribution < 1.29 is 14.6 Å². The zero-order valence-electron chi connectivity index (χ0n) is 8.81. The number of cyclic esters (lactones) is 1. The molecule has 0 bridgehead atoms. The number of fused-ring (bicyclic) bond motifs is 1. The smallest absolute Gasteiger partial charge is 0.339 e. The molecule has 80 valence electrons. The predicted molar refractivity (Wildman–Crippen MR) is 55.4 cm³/mol. The molecule has 1 aliphatic heterocycles. The Morgan fingerprint density at radius 3 is 2.67 bits per heavy atom. The van der Waals surface area contributed by atoms with E-state index >= 15 is 0 Å². The van der Waals surface area contributed by atoms with Crippen molar-refractivity contribution in [2.24, 2.45) is 5.92 Å². The number of carbonyl (C=O) groups is 1. The molecule has 0 spiro atoms. The molecule has 3 heteroatoms. The molecule has 0 radical (unpaired) electrons. The normalized spacial score (nSPS) is 21.3. The molecule has 1 heterocycles.